The monoisotopic (exact) mass is 244 g/mol. The Labute approximate surface area is 105 Å². The molecule has 1 heterocycles. The summed E-state index contributed by atoms with van der Waals surface area (Å²) in [5, 5.41) is 9.88. The van der Waals surface area contributed by atoms with Crippen LogP contribution in [0.1, 0.15) is 33.6 Å². The smallest absolute Gasteiger partial charge is 0.0900 e. The van der Waals surface area contributed by atoms with E-state index in [1.54, 1.807) is 0 Å². The Balaban J connectivity index is 2.26. The average molecular weight is 244 g/mol. The minimum absolute atomic E-state index is 0.183. The fourth-order valence-electron chi connectivity index (χ4n) is 2.38. The van der Waals surface area contributed by atoms with Crippen LogP contribution in [0.15, 0.2) is 0 Å². The van der Waals surface area contributed by atoms with Gasteiger partial charge in [-0.25, -0.2) is 0 Å². The van der Waals surface area contributed by atoms with Gasteiger partial charge in [0.25, 0.3) is 0 Å². The molecule has 0 aromatic carbocycles. The molecule has 3 atom stereocenters. The minimum atomic E-state index is -0.385. The lowest BCUT2D eigenvalue weighted by Gasteiger charge is -2.37. The molecular weight excluding hydrogens is 216 g/mol. The van der Waals surface area contributed by atoms with Crippen molar-refractivity contribution in [3.63, 3.8) is 0 Å². The Kier molecular flexibility index (Phi) is 6.41. The van der Waals surface area contributed by atoms with E-state index in [0.29, 0.717) is 25.1 Å². The normalized spacial score (nSPS) is 28.6. The van der Waals surface area contributed by atoms with Crippen molar-refractivity contribution >= 4 is 0 Å². The summed E-state index contributed by atoms with van der Waals surface area (Å²) in [4.78, 5) is 2.31. The van der Waals surface area contributed by atoms with E-state index in [0.717, 1.165) is 25.9 Å². The molecule has 0 aliphatic carbocycles. The van der Waals surface area contributed by atoms with Crippen LogP contribution in [0.3, 0.4) is 0 Å². The maximum atomic E-state index is 9.88. The molecule has 1 fully saturated rings. The van der Waals surface area contributed by atoms with E-state index in [1.807, 2.05) is 13.8 Å². The SMILES string of the molecule is CCC1CN(CC(O)COC(C)C)CCC1N. The van der Waals surface area contributed by atoms with Crippen molar-refractivity contribution in [1.29, 1.82) is 0 Å². The van der Waals surface area contributed by atoms with E-state index in [-0.39, 0.29) is 12.2 Å². The second-order valence-corrected chi connectivity index (χ2v) is 5.42. The molecule has 1 saturated heterocycles. The quantitative estimate of drug-likeness (QED) is 0.726. The molecule has 102 valence electrons. The number of aliphatic hydroxyl groups is 1. The molecule has 1 rings (SSSR count). The number of nitrogens with zero attached hydrogens (tertiary/aromatic N) is 1. The van der Waals surface area contributed by atoms with E-state index in [4.69, 9.17) is 10.5 Å². The maximum absolute atomic E-state index is 9.88. The first-order chi connectivity index (χ1) is 8.02. The van der Waals surface area contributed by atoms with Gasteiger partial charge in [0.15, 0.2) is 0 Å². The summed E-state index contributed by atoms with van der Waals surface area (Å²) in [6.07, 6.45) is 1.96. The van der Waals surface area contributed by atoms with Crippen molar-refractivity contribution in [3.8, 4) is 0 Å². The van der Waals surface area contributed by atoms with Crippen molar-refractivity contribution in [2.75, 3.05) is 26.2 Å². The van der Waals surface area contributed by atoms with Crippen LogP contribution in [0.2, 0.25) is 0 Å². The van der Waals surface area contributed by atoms with Gasteiger partial charge in [0.1, 0.15) is 0 Å². The minimum Gasteiger partial charge on any atom is -0.389 e. The summed E-state index contributed by atoms with van der Waals surface area (Å²) < 4.78 is 5.42. The second kappa shape index (κ2) is 7.31. The maximum Gasteiger partial charge on any atom is 0.0900 e. The lowest BCUT2D eigenvalue weighted by Crippen LogP contribution is -2.49. The van der Waals surface area contributed by atoms with Crippen molar-refractivity contribution in [2.45, 2.75) is 51.9 Å². The van der Waals surface area contributed by atoms with Gasteiger partial charge in [-0.3, -0.25) is 0 Å². The molecular formula is C13H28N2O2. The van der Waals surface area contributed by atoms with Crippen LogP contribution < -0.4 is 5.73 Å². The van der Waals surface area contributed by atoms with Crippen LogP contribution in [0.25, 0.3) is 0 Å². The molecule has 17 heavy (non-hydrogen) atoms. The molecule has 0 spiro atoms. The van der Waals surface area contributed by atoms with Crippen molar-refractivity contribution in [1.82, 2.24) is 4.90 Å². The van der Waals surface area contributed by atoms with Gasteiger partial charge in [-0.15, -0.1) is 0 Å². The third kappa shape index (κ3) is 5.34. The Morgan fingerprint density at radius 2 is 2.18 bits per heavy atom. The largest absolute Gasteiger partial charge is 0.389 e. The molecule has 0 amide bonds. The van der Waals surface area contributed by atoms with Gasteiger partial charge < -0.3 is 20.5 Å². The van der Waals surface area contributed by atoms with Crippen LogP contribution in [-0.2, 0) is 4.74 Å². The zero-order valence-corrected chi connectivity index (χ0v) is 11.4. The number of ether oxygens (including phenoxy) is 1. The first-order valence-corrected chi connectivity index (χ1v) is 6.80. The van der Waals surface area contributed by atoms with Crippen molar-refractivity contribution in [2.24, 2.45) is 11.7 Å². The summed E-state index contributed by atoms with van der Waals surface area (Å²) in [6, 6.07) is 0.334. The molecule has 0 bridgehead atoms. The molecule has 0 aromatic heterocycles. The molecule has 1 aliphatic rings. The second-order valence-electron chi connectivity index (χ2n) is 5.42. The highest BCUT2D eigenvalue weighted by atomic mass is 16.5. The lowest BCUT2D eigenvalue weighted by atomic mass is 9.90. The molecule has 4 nitrogen and oxygen atoms in total. The fourth-order valence-corrected chi connectivity index (χ4v) is 2.38. The first kappa shape index (κ1) is 14.9. The summed E-state index contributed by atoms with van der Waals surface area (Å²) in [7, 11) is 0. The van der Waals surface area contributed by atoms with Gasteiger partial charge >= 0.3 is 0 Å². The van der Waals surface area contributed by atoms with Gasteiger partial charge in [0.05, 0.1) is 18.8 Å². The Hall–Kier alpha value is -0.160. The van der Waals surface area contributed by atoms with Crippen LogP contribution in [0, 0.1) is 5.92 Å². The number of aliphatic hydroxyl groups excluding tert-OH is 1. The average Bonchev–Trinajstić information content (AvgIpc) is 2.29. The van der Waals surface area contributed by atoms with Gasteiger partial charge in [-0.1, -0.05) is 13.3 Å². The first-order valence-electron chi connectivity index (χ1n) is 6.80. The molecule has 0 saturated carbocycles. The Morgan fingerprint density at radius 3 is 2.76 bits per heavy atom. The molecule has 1 aliphatic heterocycles. The standard InChI is InChI=1S/C13H28N2O2/c1-4-11-7-15(6-5-13(11)14)8-12(16)9-17-10(2)3/h10-13,16H,4-9,14H2,1-3H3. The number of rotatable bonds is 6. The van der Waals surface area contributed by atoms with E-state index in [9.17, 15) is 5.11 Å². The van der Waals surface area contributed by atoms with Gasteiger partial charge in [0.2, 0.25) is 0 Å². The number of piperidine rings is 1. The van der Waals surface area contributed by atoms with Crippen LogP contribution >= 0.6 is 0 Å². The third-order valence-corrected chi connectivity index (χ3v) is 3.49. The third-order valence-electron chi connectivity index (χ3n) is 3.49. The summed E-state index contributed by atoms with van der Waals surface area (Å²) in [5.41, 5.74) is 6.07. The van der Waals surface area contributed by atoms with E-state index in [1.165, 1.54) is 0 Å². The topological polar surface area (TPSA) is 58.7 Å². The molecule has 3 unspecified atom stereocenters. The highest BCUT2D eigenvalue weighted by Crippen LogP contribution is 2.18. The number of likely N-dealkylation sites (tertiary alicyclic amines) is 1. The summed E-state index contributed by atoms with van der Waals surface area (Å²) >= 11 is 0. The van der Waals surface area contributed by atoms with E-state index >= 15 is 0 Å². The van der Waals surface area contributed by atoms with Crippen LogP contribution in [-0.4, -0.2) is 54.5 Å². The molecule has 3 N–H and O–H groups in total. The predicted octanol–water partition coefficient (Wildman–Crippen LogP) is 0.832. The zero-order chi connectivity index (χ0) is 12.8. The molecule has 0 aromatic rings. The number of nitrogens with two attached hydrogens (primary N) is 1. The van der Waals surface area contributed by atoms with Crippen molar-refractivity contribution in [3.05, 3.63) is 0 Å². The lowest BCUT2D eigenvalue weighted by molar-refractivity contribution is -0.0147. The highest BCUT2D eigenvalue weighted by Gasteiger charge is 2.26. The number of β-amino-alcohol motifs (C(OH)–C–C–N with tert-alkyl or cyclic N) is 1. The van der Waals surface area contributed by atoms with Crippen LogP contribution in [0.5, 0.6) is 0 Å². The summed E-state index contributed by atoms with van der Waals surface area (Å²) in [5.74, 6) is 0.571. The Morgan fingerprint density at radius 1 is 1.47 bits per heavy atom. The van der Waals surface area contributed by atoms with Crippen LogP contribution in [0.4, 0.5) is 0 Å². The number of hydrogen-bond donors (Lipinski definition) is 2. The van der Waals surface area contributed by atoms with Gasteiger partial charge in [-0.2, -0.15) is 0 Å². The zero-order valence-electron chi connectivity index (χ0n) is 11.4. The highest BCUT2D eigenvalue weighted by molar-refractivity contribution is 4.82. The van der Waals surface area contributed by atoms with Gasteiger partial charge in [-0.05, 0) is 32.7 Å². The van der Waals surface area contributed by atoms with E-state index < -0.39 is 0 Å². The molecule has 0 radical (unpaired) electrons. The number of hydrogen-bond acceptors (Lipinski definition) is 4. The van der Waals surface area contributed by atoms with E-state index in [2.05, 4.69) is 11.8 Å². The van der Waals surface area contributed by atoms with Gasteiger partial charge in [0, 0.05) is 19.1 Å². The predicted molar refractivity (Wildman–Crippen MR) is 69.9 cm³/mol. The Bertz CT molecular complexity index is 212. The fraction of sp³-hybridized carbons (Fsp3) is 1.00. The summed E-state index contributed by atoms with van der Waals surface area (Å²) in [6.45, 7) is 9.30. The van der Waals surface area contributed by atoms with Crippen molar-refractivity contribution < 1.29 is 9.84 Å². The molecule has 4 heteroatoms.